The second kappa shape index (κ2) is 9.04. The van der Waals surface area contributed by atoms with Gasteiger partial charge in [0, 0.05) is 18.7 Å². The quantitative estimate of drug-likeness (QED) is 0.742. The maximum atomic E-state index is 12.2. The van der Waals surface area contributed by atoms with E-state index in [1.54, 1.807) is 0 Å². The van der Waals surface area contributed by atoms with Crippen LogP contribution in [0.25, 0.3) is 0 Å². The number of hydrogen-bond donors (Lipinski definition) is 1. The van der Waals surface area contributed by atoms with Crippen molar-refractivity contribution < 1.29 is 13.2 Å². The molecule has 6 heteroatoms. The minimum absolute atomic E-state index is 0.114. The molecule has 2 aromatic rings. The highest BCUT2D eigenvalue weighted by Crippen LogP contribution is 2.20. The third-order valence-electron chi connectivity index (χ3n) is 4.45. The van der Waals surface area contributed by atoms with E-state index in [2.05, 4.69) is 12.2 Å². The van der Waals surface area contributed by atoms with Crippen LogP contribution in [0.15, 0.2) is 42.5 Å². The van der Waals surface area contributed by atoms with E-state index < -0.39 is 10.0 Å². The first-order valence-electron chi connectivity index (χ1n) is 9.14. The van der Waals surface area contributed by atoms with E-state index in [9.17, 15) is 13.2 Å². The van der Waals surface area contributed by atoms with Gasteiger partial charge in [0.05, 0.1) is 11.9 Å². The first kappa shape index (κ1) is 21.0. The van der Waals surface area contributed by atoms with Crippen LogP contribution in [0.2, 0.25) is 0 Å². The zero-order valence-corrected chi connectivity index (χ0v) is 17.3. The van der Waals surface area contributed by atoms with Crippen molar-refractivity contribution >= 4 is 27.3 Å². The molecule has 2 rings (SSSR count). The minimum atomic E-state index is -3.40. The molecule has 0 spiro atoms. The van der Waals surface area contributed by atoms with Crippen molar-refractivity contribution in [2.75, 3.05) is 22.4 Å². The number of sulfonamides is 1. The summed E-state index contributed by atoms with van der Waals surface area (Å²) in [7, 11) is -3.40. The van der Waals surface area contributed by atoms with Gasteiger partial charge in [-0.05, 0) is 56.0 Å². The van der Waals surface area contributed by atoms with Crippen LogP contribution in [0.3, 0.4) is 0 Å². The third kappa shape index (κ3) is 6.10. The molecule has 0 atom stereocenters. The van der Waals surface area contributed by atoms with E-state index in [0.29, 0.717) is 12.1 Å². The fraction of sp³-hybridized carbons (Fsp3) is 0.381. The summed E-state index contributed by atoms with van der Waals surface area (Å²) in [5.74, 6) is -0.114. The fourth-order valence-corrected chi connectivity index (χ4v) is 3.90. The van der Waals surface area contributed by atoms with Crippen molar-refractivity contribution in [1.29, 1.82) is 0 Å². The van der Waals surface area contributed by atoms with Gasteiger partial charge in [0.15, 0.2) is 0 Å². The molecule has 2 aromatic carbocycles. The van der Waals surface area contributed by atoms with Crippen molar-refractivity contribution in [2.45, 2.75) is 40.0 Å². The Morgan fingerprint density at radius 3 is 2.30 bits per heavy atom. The summed E-state index contributed by atoms with van der Waals surface area (Å²) in [6.07, 6.45) is 2.79. The Morgan fingerprint density at radius 2 is 1.74 bits per heavy atom. The Bertz CT molecular complexity index is 890. The molecule has 146 valence electrons. The molecule has 1 N–H and O–H groups in total. The smallest absolute Gasteiger partial charge is 0.232 e. The molecule has 0 heterocycles. The summed E-state index contributed by atoms with van der Waals surface area (Å²) in [4.78, 5) is 12.2. The Balaban J connectivity index is 1.97. The number of amides is 1. The highest BCUT2D eigenvalue weighted by Gasteiger charge is 2.17. The van der Waals surface area contributed by atoms with E-state index in [0.717, 1.165) is 28.8 Å². The average Bonchev–Trinajstić information content (AvgIpc) is 2.60. The van der Waals surface area contributed by atoms with Gasteiger partial charge in [0.1, 0.15) is 0 Å². The van der Waals surface area contributed by atoms with Gasteiger partial charge in [0.2, 0.25) is 15.9 Å². The Kier molecular flexibility index (Phi) is 7.02. The Morgan fingerprint density at radius 1 is 1.07 bits per heavy atom. The standard InChI is InChI=1S/C21H28N2O3S/c1-5-18-9-11-19(12-10-18)23(27(4,25)26)14-6-7-21(24)22-20-13-8-16(2)15-17(20)3/h8-13,15H,5-7,14H2,1-4H3,(H,22,24). The van der Waals surface area contributed by atoms with Crippen LogP contribution >= 0.6 is 0 Å². The van der Waals surface area contributed by atoms with Gasteiger partial charge in [-0.3, -0.25) is 9.10 Å². The molecule has 27 heavy (non-hydrogen) atoms. The second-order valence-electron chi connectivity index (χ2n) is 6.83. The van der Waals surface area contributed by atoms with Crippen LogP contribution in [0.1, 0.15) is 36.5 Å². The predicted molar refractivity (Wildman–Crippen MR) is 112 cm³/mol. The number of anilines is 2. The molecule has 0 saturated carbocycles. The lowest BCUT2D eigenvalue weighted by Gasteiger charge is -2.22. The van der Waals surface area contributed by atoms with Crippen molar-refractivity contribution in [1.82, 2.24) is 0 Å². The zero-order valence-electron chi connectivity index (χ0n) is 16.5. The zero-order chi connectivity index (χ0) is 20.0. The van der Waals surface area contributed by atoms with Gasteiger partial charge in [0.25, 0.3) is 0 Å². The topological polar surface area (TPSA) is 66.5 Å². The van der Waals surface area contributed by atoms with Crippen LogP contribution < -0.4 is 9.62 Å². The number of benzene rings is 2. The van der Waals surface area contributed by atoms with Crippen molar-refractivity contribution in [2.24, 2.45) is 0 Å². The van der Waals surface area contributed by atoms with Crippen molar-refractivity contribution in [3.05, 3.63) is 59.2 Å². The van der Waals surface area contributed by atoms with Crippen LogP contribution in [-0.4, -0.2) is 27.1 Å². The Hall–Kier alpha value is -2.34. The highest BCUT2D eigenvalue weighted by atomic mass is 32.2. The molecular weight excluding hydrogens is 360 g/mol. The first-order chi connectivity index (χ1) is 12.7. The average molecular weight is 389 g/mol. The van der Waals surface area contributed by atoms with Crippen molar-refractivity contribution in [3.63, 3.8) is 0 Å². The maximum absolute atomic E-state index is 12.2. The molecule has 0 saturated heterocycles. The minimum Gasteiger partial charge on any atom is -0.326 e. The summed E-state index contributed by atoms with van der Waals surface area (Å²) in [5, 5.41) is 2.90. The normalized spacial score (nSPS) is 11.3. The molecule has 0 aromatic heterocycles. The van der Waals surface area contributed by atoms with E-state index in [1.807, 2.05) is 56.3 Å². The van der Waals surface area contributed by atoms with E-state index in [-0.39, 0.29) is 18.9 Å². The van der Waals surface area contributed by atoms with Crippen LogP contribution in [0.4, 0.5) is 11.4 Å². The number of nitrogens with zero attached hydrogens (tertiary/aromatic N) is 1. The number of carbonyl (C=O) groups is 1. The van der Waals surface area contributed by atoms with Gasteiger partial charge in [-0.1, -0.05) is 36.8 Å². The van der Waals surface area contributed by atoms with Crippen LogP contribution in [0, 0.1) is 13.8 Å². The van der Waals surface area contributed by atoms with Crippen LogP contribution in [-0.2, 0) is 21.2 Å². The molecular formula is C21H28N2O3S. The summed E-state index contributed by atoms with van der Waals surface area (Å²) in [6, 6.07) is 13.3. The number of nitrogens with one attached hydrogen (secondary N) is 1. The van der Waals surface area contributed by atoms with Gasteiger partial charge in [-0.25, -0.2) is 8.42 Å². The molecule has 0 aliphatic carbocycles. The number of aryl methyl sites for hydroxylation is 3. The van der Waals surface area contributed by atoms with E-state index >= 15 is 0 Å². The van der Waals surface area contributed by atoms with E-state index in [4.69, 9.17) is 0 Å². The first-order valence-corrected chi connectivity index (χ1v) is 11.0. The third-order valence-corrected chi connectivity index (χ3v) is 5.65. The summed E-state index contributed by atoms with van der Waals surface area (Å²) < 4.78 is 25.7. The fourth-order valence-electron chi connectivity index (χ4n) is 2.93. The predicted octanol–water partition coefficient (Wildman–Crippen LogP) is 4.05. The molecule has 5 nitrogen and oxygen atoms in total. The van der Waals surface area contributed by atoms with Gasteiger partial charge < -0.3 is 5.32 Å². The molecule has 0 aliphatic rings. The lowest BCUT2D eigenvalue weighted by molar-refractivity contribution is -0.116. The number of carbonyl (C=O) groups excluding carboxylic acids is 1. The lowest BCUT2D eigenvalue weighted by atomic mass is 10.1. The Labute approximate surface area is 162 Å². The van der Waals surface area contributed by atoms with Gasteiger partial charge in [-0.2, -0.15) is 0 Å². The van der Waals surface area contributed by atoms with Gasteiger partial charge in [-0.15, -0.1) is 0 Å². The summed E-state index contributed by atoms with van der Waals surface area (Å²) >= 11 is 0. The summed E-state index contributed by atoms with van der Waals surface area (Å²) in [6.45, 7) is 6.28. The number of rotatable bonds is 8. The molecule has 0 unspecified atom stereocenters. The molecule has 0 radical (unpaired) electrons. The lowest BCUT2D eigenvalue weighted by Crippen LogP contribution is -2.31. The van der Waals surface area contributed by atoms with E-state index in [1.165, 1.54) is 10.6 Å². The van der Waals surface area contributed by atoms with Crippen molar-refractivity contribution in [3.8, 4) is 0 Å². The monoisotopic (exact) mass is 388 g/mol. The second-order valence-corrected chi connectivity index (χ2v) is 8.73. The molecule has 0 bridgehead atoms. The van der Waals surface area contributed by atoms with Gasteiger partial charge >= 0.3 is 0 Å². The van der Waals surface area contributed by atoms with Crippen LogP contribution in [0.5, 0.6) is 0 Å². The molecule has 0 aliphatic heterocycles. The molecule has 0 fully saturated rings. The summed E-state index contributed by atoms with van der Waals surface area (Å²) in [5.41, 5.74) is 4.73. The largest absolute Gasteiger partial charge is 0.326 e. The number of hydrogen-bond acceptors (Lipinski definition) is 3. The SMILES string of the molecule is CCc1ccc(N(CCCC(=O)Nc2ccc(C)cc2C)S(C)(=O)=O)cc1. The highest BCUT2D eigenvalue weighted by molar-refractivity contribution is 7.92. The maximum Gasteiger partial charge on any atom is 0.232 e. The molecule has 1 amide bonds.